The van der Waals surface area contributed by atoms with Crippen molar-refractivity contribution < 1.29 is 0 Å². The molecular formula is C17H14BrClN4S. The van der Waals surface area contributed by atoms with E-state index in [9.17, 15) is 0 Å². The normalized spacial score (nSPS) is 11.3. The van der Waals surface area contributed by atoms with E-state index in [2.05, 4.69) is 43.4 Å². The van der Waals surface area contributed by atoms with Crippen molar-refractivity contribution in [3.63, 3.8) is 0 Å². The average Bonchev–Trinajstić information content (AvgIpc) is 2.94. The van der Waals surface area contributed by atoms with E-state index in [0.717, 1.165) is 26.8 Å². The molecule has 0 spiro atoms. The number of rotatable bonds is 5. The molecule has 3 aromatic rings. The molecule has 1 heterocycles. The molecular weight excluding hydrogens is 408 g/mol. The lowest BCUT2D eigenvalue weighted by Crippen LogP contribution is -1.96. The van der Waals surface area contributed by atoms with Crippen molar-refractivity contribution in [1.29, 1.82) is 0 Å². The molecule has 0 bridgehead atoms. The van der Waals surface area contributed by atoms with Crippen LogP contribution in [0.1, 0.15) is 17.0 Å². The number of hydrogen-bond donors (Lipinski definition) is 0. The van der Waals surface area contributed by atoms with Crippen molar-refractivity contribution in [2.75, 3.05) is 0 Å². The fourth-order valence-electron chi connectivity index (χ4n) is 1.99. The van der Waals surface area contributed by atoms with Crippen molar-refractivity contribution in [2.45, 2.75) is 17.8 Å². The van der Waals surface area contributed by atoms with Gasteiger partial charge in [-0.25, -0.2) is 0 Å². The number of thioether (sulfide) groups is 1. The zero-order valence-corrected chi connectivity index (χ0v) is 16.0. The second kappa shape index (κ2) is 7.96. The molecule has 0 N–H and O–H groups in total. The molecule has 24 heavy (non-hydrogen) atoms. The summed E-state index contributed by atoms with van der Waals surface area (Å²) in [6.07, 6.45) is 1.72. The van der Waals surface area contributed by atoms with E-state index in [1.807, 2.05) is 43.3 Å². The third kappa shape index (κ3) is 4.26. The van der Waals surface area contributed by atoms with Crippen molar-refractivity contribution >= 4 is 45.5 Å². The Morgan fingerprint density at radius 2 is 1.92 bits per heavy atom. The molecule has 0 saturated heterocycles. The van der Waals surface area contributed by atoms with Crippen LogP contribution in [0.25, 0.3) is 0 Å². The van der Waals surface area contributed by atoms with E-state index in [4.69, 9.17) is 11.6 Å². The monoisotopic (exact) mass is 420 g/mol. The highest BCUT2D eigenvalue weighted by molar-refractivity contribution is 9.10. The number of benzene rings is 2. The van der Waals surface area contributed by atoms with Crippen LogP contribution < -0.4 is 0 Å². The Morgan fingerprint density at radius 1 is 1.17 bits per heavy atom. The van der Waals surface area contributed by atoms with Crippen LogP contribution in [0.5, 0.6) is 0 Å². The standard InChI is InChI=1S/C17H14BrClN4S/c1-12-21-22-17(24-11-13-6-8-15(18)9-7-13)23(12)20-10-14-4-2-3-5-16(14)19/h2-10H,11H2,1H3/b20-10-. The van der Waals surface area contributed by atoms with Crippen LogP contribution in [-0.2, 0) is 5.75 Å². The molecule has 0 aliphatic rings. The highest BCUT2D eigenvalue weighted by Gasteiger charge is 2.09. The van der Waals surface area contributed by atoms with E-state index >= 15 is 0 Å². The van der Waals surface area contributed by atoms with Crippen LogP contribution in [0.3, 0.4) is 0 Å². The third-order valence-corrected chi connectivity index (χ3v) is 5.13. The van der Waals surface area contributed by atoms with E-state index in [-0.39, 0.29) is 0 Å². The second-order valence-electron chi connectivity index (χ2n) is 5.02. The highest BCUT2D eigenvalue weighted by atomic mass is 79.9. The molecule has 3 rings (SSSR count). The number of aryl methyl sites for hydroxylation is 1. The van der Waals surface area contributed by atoms with Crippen LogP contribution in [0.2, 0.25) is 5.02 Å². The van der Waals surface area contributed by atoms with Crippen molar-refractivity contribution in [3.05, 3.63) is 75.0 Å². The summed E-state index contributed by atoms with van der Waals surface area (Å²) in [6, 6.07) is 15.8. The first-order chi connectivity index (χ1) is 11.6. The number of hydrogen-bond acceptors (Lipinski definition) is 4. The maximum atomic E-state index is 6.16. The molecule has 0 atom stereocenters. The van der Waals surface area contributed by atoms with Gasteiger partial charge in [-0.05, 0) is 30.7 Å². The predicted molar refractivity (Wildman–Crippen MR) is 103 cm³/mol. The molecule has 0 radical (unpaired) electrons. The molecule has 0 aliphatic heterocycles. The Labute approximate surface area is 158 Å². The van der Waals surface area contributed by atoms with Crippen molar-refractivity contribution in [2.24, 2.45) is 5.10 Å². The molecule has 0 amide bonds. The highest BCUT2D eigenvalue weighted by Crippen LogP contribution is 2.23. The fourth-order valence-corrected chi connectivity index (χ4v) is 3.33. The minimum absolute atomic E-state index is 0.663. The van der Waals surface area contributed by atoms with E-state index in [1.165, 1.54) is 5.56 Å². The van der Waals surface area contributed by atoms with Gasteiger partial charge in [0.2, 0.25) is 5.16 Å². The Kier molecular flexibility index (Phi) is 5.71. The average molecular weight is 422 g/mol. The smallest absolute Gasteiger partial charge is 0.192 e. The second-order valence-corrected chi connectivity index (χ2v) is 7.29. The summed E-state index contributed by atoms with van der Waals surface area (Å²) in [6.45, 7) is 1.88. The largest absolute Gasteiger partial charge is 0.212 e. The zero-order valence-electron chi connectivity index (χ0n) is 12.9. The van der Waals surface area contributed by atoms with Gasteiger partial charge >= 0.3 is 0 Å². The summed E-state index contributed by atoms with van der Waals surface area (Å²) >= 11 is 11.2. The molecule has 4 nitrogen and oxygen atoms in total. The van der Waals surface area contributed by atoms with E-state index < -0.39 is 0 Å². The lowest BCUT2D eigenvalue weighted by Gasteiger charge is -2.03. The topological polar surface area (TPSA) is 43.1 Å². The zero-order chi connectivity index (χ0) is 16.9. The van der Waals surface area contributed by atoms with Crippen LogP contribution in [-0.4, -0.2) is 21.1 Å². The summed E-state index contributed by atoms with van der Waals surface area (Å²) in [4.78, 5) is 0. The first-order valence-corrected chi connectivity index (χ1v) is 9.37. The maximum absolute atomic E-state index is 6.16. The van der Waals surface area contributed by atoms with Crippen molar-refractivity contribution in [1.82, 2.24) is 14.9 Å². The molecule has 0 aliphatic carbocycles. The molecule has 0 unspecified atom stereocenters. The predicted octanol–water partition coefficient (Wildman–Crippen LogP) is 5.18. The van der Waals surface area contributed by atoms with Crippen LogP contribution in [0.4, 0.5) is 0 Å². The molecule has 122 valence electrons. The van der Waals surface area contributed by atoms with Gasteiger partial charge in [0.05, 0.1) is 6.21 Å². The van der Waals surface area contributed by atoms with Gasteiger partial charge in [0.1, 0.15) is 0 Å². The number of aromatic nitrogens is 3. The summed E-state index contributed by atoms with van der Waals surface area (Å²) in [5.41, 5.74) is 2.07. The molecule has 2 aromatic carbocycles. The lowest BCUT2D eigenvalue weighted by molar-refractivity contribution is 0.744. The molecule has 0 saturated carbocycles. The molecule has 7 heteroatoms. The van der Waals surface area contributed by atoms with Crippen LogP contribution in [0.15, 0.2) is 63.3 Å². The molecule has 1 aromatic heterocycles. The summed E-state index contributed by atoms with van der Waals surface area (Å²) in [5.74, 6) is 1.53. The Bertz CT molecular complexity index is 861. The fraction of sp³-hybridized carbons (Fsp3) is 0.118. The summed E-state index contributed by atoms with van der Waals surface area (Å²) in [5, 5.41) is 14.2. The quantitative estimate of drug-likeness (QED) is 0.421. The Morgan fingerprint density at radius 3 is 2.67 bits per heavy atom. The minimum Gasteiger partial charge on any atom is -0.192 e. The van der Waals surface area contributed by atoms with Gasteiger partial charge in [-0.3, -0.25) is 0 Å². The number of halogens is 2. The van der Waals surface area contributed by atoms with Gasteiger partial charge in [0, 0.05) is 20.8 Å². The molecule has 0 fully saturated rings. The van der Waals surface area contributed by atoms with Crippen LogP contribution in [0, 0.1) is 6.92 Å². The van der Waals surface area contributed by atoms with Gasteiger partial charge < -0.3 is 0 Å². The van der Waals surface area contributed by atoms with Crippen LogP contribution >= 0.6 is 39.3 Å². The van der Waals surface area contributed by atoms with Gasteiger partial charge in [-0.15, -0.1) is 10.2 Å². The van der Waals surface area contributed by atoms with Gasteiger partial charge in [0.25, 0.3) is 0 Å². The Balaban J connectivity index is 1.76. The summed E-state index contributed by atoms with van der Waals surface area (Å²) < 4.78 is 2.80. The van der Waals surface area contributed by atoms with Gasteiger partial charge in [-0.2, -0.15) is 9.78 Å². The SMILES string of the molecule is Cc1nnc(SCc2ccc(Br)cc2)n1/N=C\c1ccccc1Cl. The first kappa shape index (κ1) is 17.2. The van der Waals surface area contributed by atoms with E-state index in [0.29, 0.717) is 5.02 Å². The first-order valence-electron chi connectivity index (χ1n) is 7.21. The minimum atomic E-state index is 0.663. The van der Waals surface area contributed by atoms with E-state index in [1.54, 1.807) is 22.7 Å². The third-order valence-electron chi connectivity index (χ3n) is 3.27. The Hall–Kier alpha value is -1.63. The summed E-state index contributed by atoms with van der Waals surface area (Å²) in [7, 11) is 0. The maximum Gasteiger partial charge on any atom is 0.212 e. The van der Waals surface area contributed by atoms with Gasteiger partial charge in [0.15, 0.2) is 5.82 Å². The van der Waals surface area contributed by atoms with Crippen molar-refractivity contribution in [3.8, 4) is 0 Å². The van der Waals surface area contributed by atoms with Gasteiger partial charge in [-0.1, -0.05) is 69.6 Å². The number of nitrogens with zero attached hydrogens (tertiary/aromatic N) is 4. The lowest BCUT2D eigenvalue weighted by atomic mass is 10.2.